The molecule has 7 heteroatoms. The summed E-state index contributed by atoms with van der Waals surface area (Å²) in [4.78, 5) is 24.0. The first-order valence-corrected chi connectivity index (χ1v) is 8.99. The molecule has 7 nitrogen and oxygen atoms in total. The number of piperazine rings is 1. The summed E-state index contributed by atoms with van der Waals surface area (Å²) in [6, 6.07) is 4.56. The van der Waals surface area contributed by atoms with Gasteiger partial charge in [0.25, 0.3) is 0 Å². The third kappa shape index (κ3) is 8.81. The minimum absolute atomic E-state index is 0.274. The van der Waals surface area contributed by atoms with Crippen LogP contribution in [0.15, 0.2) is 24.3 Å². The molecule has 0 atom stereocenters. The lowest BCUT2D eigenvalue weighted by molar-refractivity contribution is -0.134. The van der Waals surface area contributed by atoms with E-state index in [-0.39, 0.29) is 6.61 Å². The van der Waals surface area contributed by atoms with E-state index in [4.69, 9.17) is 15.3 Å². The number of rotatable bonds is 6. The van der Waals surface area contributed by atoms with Crippen molar-refractivity contribution in [2.75, 3.05) is 39.3 Å². The minimum atomic E-state index is -1.26. The summed E-state index contributed by atoms with van der Waals surface area (Å²) < 4.78 is 0. The van der Waals surface area contributed by atoms with Gasteiger partial charge < -0.3 is 15.3 Å². The van der Waals surface area contributed by atoms with Crippen molar-refractivity contribution in [1.29, 1.82) is 0 Å². The lowest BCUT2D eigenvalue weighted by Gasteiger charge is -2.34. The number of nitrogens with zero attached hydrogens (tertiary/aromatic N) is 2. The second kappa shape index (κ2) is 11.5. The molecule has 0 saturated carbocycles. The number of aliphatic carboxylic acids is 2. The molecule has 0 unspecified atom stereocenters. The van der Waals surface area contributed by atoms with Gasteiger partial charge in [0.2, 0.25) is 0 Å². The number of carboxylic acids is 2. The molecule has 1 aliphatic heterocycles. The first-order valence-electron chi connectivity index (χ1n) is 8.99. The Kier molecular flexibility index (Phi) is 9.71. The lowest BCUT2D eigenvalue weighted by atomic mass is 9.99. The van der Waals surface area contributed by atoms with Gasteiger partial charge in [-0.25, -0.2) is 9.59 Å². The summed E-state index contributed by atoms with van der Waals surface area (Å²) in [6.07, 6.45) is 1.12. The molecule has 0 spiro atoms. The van der Waals surface area contributed by atoms with Crippen molar-refractivity contribution < 1.29 is 24.9 Å². The van der Waals surface area contributed by atoms with E-state index in [2.05, 4.69) is 42.7 Å². The zero-order chi connectivity index (χ0) is 20.4. The predicted molar refractivity (Wildman–Crippen MR) is 104 cm³/mol. The summed E-state index contributed by atoms with van der Waals surface area (Å²) in [6.45, 7) is 13.1. The van der Waals surface area contributed by atoms with Crippen LogP contribution in [0.4, 0.5) is 0 Å². The molecule has 0 radical (unpaired) electrons. The van der Waals surface area contributed by atoms with E-state index in [0.717, 1.165) is 39.3 Å². The van der Waals surface area contributed by atoms with Gasteiger partial charge in [-0.1, -0.05) is 17.7 Å². The molecule has 2 rings (SSSR count). The third-order valence-corrected chi connectivity index (χ3v) is 4.47. The van der Waals surface area contributed by atoms with Gasteiger partial charge in [0.05, 0.1) is 6.61 Å². The lowest BCUT2D eigenvalue weighted by Crippen LogP contribution is -2.46. The first kappa shape index (κ1) is 22.8. The van der Waals surface area contributed by atoms with Crippen LogP contribution < -0.4 is 0 Å². The average Bonchev–Trinajstić information content (AvgIpc) is 2.58. The Morgan fingerprint density at radius 3 is 1.78 bits per heavy atom. The highest BCUT2D eigenvalue weighted by Crippen LogP contribution is 2.19. The van der Waals surface area contributed by atoms with Gasteiger partial charge in [-0.2, -0.15) is 0 Å². The van der Waals surface area contributed by atoms with Crippen LogP contribution in [0.3, 0.4) is 0 Å². The third-order valence-electron chi connectivity index (χ3n) is 4.47. The Morgan fingerprint density at radius 2 is 1.37 bits per heavy atom. The topological polar surface area (TPSA) is 101 Å². The summed E-state index contributed by atoms with van der Waals surface area (Å²) in [7, 11) is 0. The highest BCUT2D eigenvalue weighted by molar-refractivity contribution is 5.89. The molecule has 1 heterocycles. The highest BCUT2D eigenvalue weighted by Gasteiger charge is 2.17. The summed E-state index contributed by atoms with van der Waals surface area (Å²) in [5, 5.41) is 24.6. The van der Waals surface area contributed by atoms with Crippen molar-refractivity contribution in [2.24, 2.45) is 0 Å². The fourth-order valence-corrected chi connectivity index (χ4v) is 3.14. The molecule has 0 aliphatic carbocycles. The van der Waals surface area contributed by atoms with E-state index in [9.17, 15) is 9.59 Å². The average molecular weight is 378 g/mol. The number of carbonyl (C=O) groups is 2. The van der Waals surface area contributed by atoms with Gasteiger partial charge in [0.15, 0.2) is 0 Å². The molecule has 27 heavy (non-hydrogen) atoms. The second-order valence-electron chi connectivity index (χ2n) is 6.73. The van der Waals surface area contributed by atoms with Crippen LogP contribution in [0.1, 0.15) is 22.3 Å². The smallest absolute Gasteiger partial charge is 0.328 e. The Bertz CT molecular complexity index is 625. The normalized spacial score (nSPS) is 15.4. The molecular weight excluding hydrogens is 348 g/mol. The quantitative estimate of drug-likeness (QED) is 0.644. The van der Waals surface area contributed by atoms with Gasteiger partial charge in [0, 0.05) is 51.4 Å². The van der Waals surface area contributed by atoms with Crippen LogP contribution in [0.25, 0.3) is 0 Å². The van der Waals surface area contributed by atoms with E-state index in [1.165, 1.54) is 22.3 Å². The van der Waals surface area contributed by atoms with Crippen molar-refractivity contribution >= 4 is 11.9 Å². The number of aliphatic hydroxyl groups is 1. The van der Waals surface area contributed by atoms with Crippen LogP contribution in [0, 0.1) is 20.8 Å². The number of benzene rings is 1. The van der Waals surface area contributed by atoms with Gasteiger partial charge in [-0.3, -0.25) is 9.80 Å². The van der Waals surface area contributed by atoms with Crippen molar-refractivity contribution in [1.82, 2.24) is 9.80 Å². The zero-order valence-corrected chi connectivity index (χ0v) is 16.3. The Hall–Kier alpha value is -2.22. The number of β-amino-alcohol motifs (C(OH)–C–C–N with tert-alkyl or cyclic N) is 1. The molecule has 1 aliphatic rings. The van der Waals surface area contributed by atoms with Crippen LogP contribution in [-0.4, -0.2) is 76.4 Å². The van der Waals surface area contributed by atoms with Gasteiger partial charge >= 0.3 is 11.9 Å². The zero-order valence-electron chi connectivity index (χ0n) is 16.3. The molecule has 150 valence electrons. The van der Waals surface area contributed by atoms with Crippen LogP contribution in [0.5, 0.6) is 0 Å². The first-order chi connectivity index (χ1) is 12.7. The fourth-order valence-electron chi connectivity index (χ4n) is 3.14. The Labute approximate surface area is 160 Å². The van der Waals surface area contributed by atoms with Gasteiger partial charge in [-0.05, 0) is 37.5 Å². The largest absolute Gasteiger partial charge is 0.478 e. The van der Waals surface area contributed by atoms with Crippen molar-refractivity contribution in [2.45, 2.75) is 27.3 Å². The molecule has 1 saturated heterocycles. The van der Waals surface area contributed by atoms with Crippen molar-refractivity contribution in [3.63, 3.8) is 0 Å². The Balaban J connectivity index is 0.000000387. The van der Waals surface area contributed by atoms with Gasteiger partial charge in [-0.15, -0.1) is 0 Å². The molecule has 1 aromatic rings. The maximum Gasteiger partial charge on any atom is 0.328 e. The van der Waals surface area contributed by atoms with Gasteiger partial charge in [0.1, 0.15) is 0 Å². The SMILES string of the molecule is Cc1cc(C)c(CN2CCN(CCO)CC2)c(C)c1.O=C(O)/C=C\C(=O)O. The molecular formula is C20H30N2O5. The van der Waals surface area contributed by atoms with Crippen molar-refractivity contribution in [3.05, 3.63) is 46.5 Å². The number of aryl methyl sites for hydroxylation is 3. The number of aliphatic hydroxyl groups excluding tert-OH is 1. The number of hydrogen-bond donors (Lipinski definition) is 3. The standard InChI is InChI=1S/C16H26N2O.C4H4O4/c1-13-10-14(2)16(15(3)11-13)12-18-6-4-17(5-7-18)8-9-19;5-3(6)1-2-4(7)8/h10-11,19H,4-9,12H2,1-3H3;1-2H,(H,5,6)(H,7,8)/b;2-1-. The summed E-state index contributed by atoms with van der Waals surface area (Å²) in [5.41, 5.74) is 5.67. The number of hydrogen-bond acceptors (Lipinski definition) is 5. The monoisotopic (exact) mass is 378 g/mol. The van der Waals surface area contributed by atoms with E-state index in [1.54, 1.807) is 0 Å². The Morgan fingerprint density at radius 1 is 0.926 bits per heavy atom. The summed E-state index contributed by atoms with van der Waals surface area (Å²) in [5.74, 6) is -2.51. The van der Waals surface area contributed by atoms with Crippen molar-refractivity contribution in [3.8, 4) is 0 Å². The molecule has 1 fully saturated rings. The van der Waals surface area contributed by atoms with Crippen LogP contribution in [-0.2, 0) is 16.1 Å². The molecule has 0 aromatic heterocycles. The molecule has 0 amide bonds. The molecule has 3 N–H and O–H groups in total. The van der Waals surface area contributed by atoms with Crippen LogP contribution >= 0.6 is 0 Å². The molecule has 0 bridgehead atoms. The second-order valence-corrected chi connectivity index (χ2v) is 6.73. The molecule has 1 aromatic carbocycles. The predicted octanol–water partition coefficient (Wildman–Crippen LogP) is 1.43. The minimum Gasteiger partial charge on any atom is -0.478 e. The van der Waals surface area contributed by atoms with E-state index in [1.807, 2.05) is 0 Å². The van der Waals surface area contributed by atoms with E-state index < -0.39 is 11.9 Å². The van der Waals surface area contributed by atoms with E-state index >= 15 is 0 Å². The van der Waals surface area contributed by atoms with E-state index in [0.29, 0.717) is 12.2 Å². The fraction of sp³-hybridized carbons (Fsp3) is 0.500. The highest BCUT2D eigenvalue weighted by atomic mass is 16.4. The maximum atomic E-state index is 9.55. The maximum absolute atomic E-state index is 9.55. The summed E-state index contributed by atoms with van der Waals surface area (Å²) >= 11 is 0. The van der Waals surface area contributed by atoms with Crippen LogP contribution in [0.2, 0.25) is 0 Å². The number of carboxylic acid groups (broad SMARTS) is 2.